The van der Waals surface area contributed by atoms with Gasteiger partial charge >= 0.3 is 0 Å². The molecule has 1 amide bonds. The summed E-state index contributed by atoms with van der Waals surface area (Å²) in [6.07, 6.45) is 6.51. The zero-order chi connectivity index (χ0) is 13.9. The van der Waals surface area contributed by atoms with Crippen molar-refractivity contribution in [2.24, 2.45) is 0 Å². The molecule has 0 bridgehead atoms. The van der Waals surface area contributed by atoms with E-state index in [-0.39, 0.29) is 5.91 Å². The second kappa shape index (κ2) is 6.01. The summed E-state index contributed by atoms with van der Waals surface area (Å²) in [6, 6.07) is 7.61. The molecule has 0 radical (unpaired) electrons. The first-order valence-electron chi connectivity index (χ1n) is 7.45. The summed E-state index contributed by atoms with van der Waals surface area (Å²) in [6.45, 7) is 1.75. The molecular formula is C17H20ClNO. The van der Waals surface area contributed by atoms with E-state index in [0.29, 0.717) is 11.4 Å². The number of hydrogen-bond acceptors (Lipinski definition) is 1. The van der Waals surface area contributed by atoms with Crippen LogP contribution in [0.15, 0.2) is 35.4 Å². The first-order chi connectivity index (χ1) is 9.74. The van der Waals surface area contributed by atoms with Crippen molar-refractivity contribution in [1.29, 1.82) is 0 Å². The highest BCUT2D eigenvalue weighted by atomic mass is 35.5. The summed E-state index contributed by atoms with van der Waals surface area (Å²) >= 11 is 6.12. The average Bonchev–Trinajstić information content (AvgIpc) is 2.40. The Morgan fingerprint density at radius 1 is 1.05 bits per heavy atom. The van der Waals surface area contributed by atoms with Gasteiger partial charge in [0.05, 0.1) is 6.42 Å². The van der Waals surface area contributed by atoms with Crippen molar-refractivity contribution >= 4 is 17.5 Å². The lowest BCUT2D eigenvalue weighted by atomic mass is 9.84. The Kier molecular flexibility index (Phi) is 4.11. The van der Waals surface area contributed by atoms with E-state index in [1.165, 1.54) is 19.3 Å². The molecule has 1 aliphatic heterocycles. The summed E-state index contributed by atoms with van der Waals surface area (Å²) < 4.78 is 0. The molecular weight excluding hydrogens is 270 g/mol. The number of amides is 1. The molecule has 3 heteroatoms. The minimum Gasteiger partial charge on any atom is -0.342 e. The summed E-state index contributed by atoms with van der Waals surface area (Å²) in [5.41, 5.74) is 4.23. The predicted molar refractivity (Wildman–Crippen MR) is 81.8 cm³/mol. The highest BCUT2D eigenvalue weighted by Crippen LogP contribution is 2.33. The minimum absolute atomic E-state index is 0.204. The number of piperidine rings is 1. The number of rotatable bonds is 2. The summed E-state index contributed by atoms with van der Waals surface area (Å²) in [5.74, 6) is 0.204. The van der Waals surface area contributed by atoms with E-state index in [9.17, 15) is 4.79 Å². The molecule has 2 fully saturated rings. The maximum absolute atomic E-state index is 12.3. The third-order valence-corrected chi connectivity index (χ3v) is 4.85. The van der Waals surface area contributed by atoms with Crippen LogP contribution in [0.4, 0.5) is 0 Å². The van der Waals surface area contributed by atoms with Crippen molar-refractivity contribution in [2.45, 2.75) is 38.5 Å². The third kappa shape index (κ3) is 2.90. The number of hydrogen-bond donors (Lipinski definition) is 0. The molecule has 0 spiro atoms. The molecule has 1 saturated carbocycles. The van der Waals surface area contributed by atoms with E-state index >= 15 is 0 Å². The molecule has 0 aromatic heterocycles. The van der Waals surface area contributed by atoms with Crippen LogP contribution in [0.1, 0.15) is 37.7 Å². The molecule has 20 heavy (non-hydrogen) atoms. The van der Waals surface area contributed by atoms with Gasteiger partial charge in [0.15, 0.2) is 0 Å². The number of halogens is 1. The zero-order valence-electron chi connectivity index (χ0n) is 11.7. The van der Waals surface area contributed by atoms with Crippen molar-refractivity contribution in [2.75, 3.05) is 13.1 Å². The predicted octanol–water partition coefficient (Wildman–Crippen LogP) is 3.99. The lowest BCUT2D eigenvalue weighted by Gasteiger charge is -2.32. The van der Waals surface area contributed by atoms with Crippen LogP contribution in [-0.4, -0.2) is 23.9 Å². The van der Waals surface area contributed by atoms with Gasteiger partial charge in [-0.15, -0.1) is 0 Å². The molecule has 106 valence electrons. The average molecular weight is 290 g/mol. The lowest BCUT2D eigenvalue weighted by molar-refractivity contribution is -0.130. The topological polar surface area (TPSA) is 20.3 Å². The van der Waals surface area contributed by atoms with Gasteiger partial charge in [-0.1, -0.05) is 40.9 Å². The Morgan fingerprint density at radius 3 is 2.30 bits per heavy atom. The monoisotopic (exact) mass is 289 g/mol. The van der Waals surface area contributed by atoms with E-state index < -0.39 is 0 Å². The fourth-order valence-electron chi connectivity index (χ4n) is 3.00. The van der Waals surface area contributed by atoms with Crippen LogP contribution in [0.3, 0.4) is 0 Å². The van der Waals surface area contributed by atoms with Crippen LogP contribution in [-0.2, 0) is 11.2 Å². The Balaban J connectivity index is 1.58. The molecule has 3 rings (SSSR count). The fourth-order valence-corrected chi connectivity index (χ4v) is 3.21. The first kappa shape index (κ1) is 13.7. The largest absolute Gasteiger partial charge is 0.342 e. The van der Waals surface area contributed by atoms with E-state index in [4.69, 9.17) is 11.6 Å². The van der Waals surface area contributed by atoms with Crippen LogP contribution in [0.2, 0.25) is 5.02 Å². The Hall–Kier alpha value is -1.28. The summed E-state index contributed by atoms with van der Waals surface area (Å²) in [7, 11) is 0. The Labute approximate surface area is 125 Å². The number of carbonyl (C=O) groups excluding carboxylic acids is 1. The Bertz CT molecular complexity index is 534. The van der Waals surface area contributed by atoms with Crippen molar-refractivity contribution in [3.8, 4) is 0 Å². The van der Waals surface area contributed by atoms with E-state index in [1.807, 2.05) is 29.2 Å². The first-order valence-corrected chi connectivity index (χ1v) is 7.83. The number of nitrogens with zero attached hydrogens (tertiary/aromatic N) is 1. The van der Waals surface area contributed by atoms with Crippen molar-refractivity contribution in [3.63, 3.8) is 0 Å². The number of carbonyl (C=O) groups is 1. The third-order valence-electron chi connectivity index (χ3n) is 4.48. The molecule has 2 aliphatic rings. The maximum Gasteiger partial charge on any atom is 0.227 e. The van der Waals surface area contributed by atoms with Gasteiger partial charge in [-0.2, -0.15) is 0 Å². The van der Waals surface area contributed by atoms with Gasteiger partial charge in [0.25, 0.3) is 0 Å². The molecule has 1 aromatic rings. The normalized spacial score (nSPS) is 18.9. The molecule has 1 heterocycles. The molecule has 1 saturated heterocycles. The number of benzene rings is 1. The fraction of sp³-hybridized carbons (Fsp3) is 0.471. The molecule has 1 aliphatic carbocycles. The van der Waals surface area contributed by atoms with Gasteiger partial charge in [-0.3, -0.25) is 4.79 Å². The highest BCUT2D eigenvalue weighted by molar-refractivity contribution is 6.31. The van der Waals surface area contributed by atoms with E-state index in [2.05, 4.69) is 0 Å². The summed E-state index contributed by atoms with van der Waals surface area (Å²) in [5, 5.41) is 0.690. The maximum atomic E-state index is 12.3. The van der Waals surface area contributed by atoms with Gasteiger partial charge in [0.1, 0.15) is 0 Å². The lowest BCUT2D eigenvalue weighted by Crippen LogP contribution is -2.37. The van der Waals surface area contributed by atoms with Crippen LogP contribution >= 0.6 is 11.6 Å². The van der Waals surface area contributed by atoms with Crippen molar-refractivity contribution in [3.05, 3.63) is 46.0 Å². The Morgan fingerprint density at radius 2 is 1.70 bits per heavy atom. The van der Waals surface area contributed by atoms with Crippen LogP contribution in [0.25, 0.3) is 0 Å². The van der Waals surface area contributed by atoms with Gasteiger partial charge in [0.2, 0.25) is 5.91 Å². The van der Waals surface area contributed by atoms with Crippen LogP contribution in [0.5, 0.6) is 0 Å². The SMILES string of the molecule is O=C(Cc1ccccc1Cl)N1CCC(=C2CCC2)CC1. The van der Waals surface area contributed by atoms with E-state index in [0.717, 1.165) is 31.5 Å². The molecule has 0 atom stereocenters. The van der Waals surface area contributed by atoms with Gasteiger partial charge in [-0.25, -0.2) is 0 Å². The molecule has 1 aromatic carbocycles. The second-order valence-electron chi connectivity index (χ2n) is 5.71. The van der Waals surface area contributed by atoms with Crippen LogP contribution in [0, 0.1) is 0 Å². The van der Waals surface area contributed by atoms with Gasteiger partial charge in [0, 0.05) is 18.1 Å². The molecule has 2 nitrogen and oxygen atoms in total. The second-order valence-corrected chi connectivity index (χ2v) is 6.12. The quantitative estimate of drug-likeness (QED) is 0.754. The molecule has 0 N–H and O–H groups in total. The van der Waals surface area contributed by atoms with E-state index in [1.54, 1.807) is 11.1 Å². The molecule has 0 unspecified atom stereocenters. The standard InChI is InChI=1S/C17H20ClNO/c18-16-7-2-1-4-15(16)12-17(20)19-10-8-14(9-11-19)13-5-3-6-13/h1-2,4,7H,3,5-6,8-12H2. The van der Waals surface area contributed by atoms with Gasteiger partial charge in [-0.05, 0) is 43.7 Å². The smallest absolute Gasteiger partial charge is 0.227 e. The van der Waals surface area contributed by atoms with Crippen molar-refractivity contribution < 1.29 is 4.79 Å². The summed E-state index contributed by atoms with van der Waals surface area (Å²) in [4.78, 5) is 14.3. The number of likely N-dealkylation sites (tertiary alicyclic amines) is 1. The van der Waals surface area contributed by atoms with Crippen LogP contribution < -0.4 is 0 Å². The highest BCUT2D eigenvalue weighted by Gasteiger charge is 2.23. The minimum atomic E-state index is 0.204. The van der Waals surface area contributed by atoms with Gasteiger partial charge < -0.3 is 4.90 Å². The number of allylic oxidation sites excluding steroid dienone is 1. The van der Waals surface area contributed by atoms with Crippen molar-refractivity contribution in [1.82, 2.24) is 4.90 Å². The zero-order valence-corrected chi connectivity index (χ0v) is 12.5.